The van der Waals surface area contributed by atoms with Crippen LogP contribution in [0.4, 0.5) is 0 Å². The Morgan fingerprint density at radius 2 is 1.93 bits per heavy atom. The fourth-order valence-corrected chi connectivity index (χ4v) is 4.16. The standard InChI is InChI=1S/C22H19ClN2O4S/c1-13(26)11-29-18-8-7-16(9-19(18)28-2)25-12-24-17-10-20(30-21(17)22(25)27)14-3-5-15(23)6-4-14/h3-10,12-13,26H,11H2,1-2H3/t13-/m1/s1. The van der Waals surface area contributed by atoms with E-state index in [2.05, 4.69) is 4.98 Å². The zero-order chi connectivity index (χ0) is 21.3. The number of aliphatic hydroxyl groups excluding tert-OH is 1. The van der Waals surface area contributed by atoms with Crippen LogP contribution in [0.25, 0.3) is 26.3 Å². The number of thiophene rings is 1. The van der Waals surface area contributed by atoms with Gasteiger partial charge in [-0.25, -0.2) is 4.98 Å². The minimum Gasteiger partial charge on any atom is -0.493 e. The van der Waals surface area contributed by atoms with Gasteiger partial charge in [-0.3, -0.25) is 9.36 Å². The smallest absolute Gasteiger partial charge is 0.275 e. The van der Waals surface area contributed by atoms with Crippen molar-refractivity contribution >= 4 is 33.2 Å². The van der Waals surface area contributed by atoms with Gasteiger partial charge in [0.25, 0.3) is 5.56 Å². The van der Waals surface area contributed by atoms with Crippen LogP contribution >= 0.6 is 22.9 Å². The Balaban J connectivity index is 1.73. The zero-order valence-electron chi connectivity index (χ0n) is 16.3. The molecule has 2 heterocycles. The molecule has 2 aromatic heterocycles. The van der Waals surface area contributed by atoms with Crippen molar-refractivity contribution in [3.8, 4) is 27.6 Å². The summed E-state index contributed by atoms with van der Waals surface area (Å²) in [6, 6.07) is 14.6. The molecule has 0 unspecified atom stereocenters. The first kappa shape index (κ1) is 20.4. The minimum absolute atomic E-state index is 0.145. The minimum atomic E-state index is -0.600. The fraction of sp³-hybridized carbons (Fsp3) is 0.182. The topological polar surface area (TPSA) is 73.6 Å². The Hall–Kier alpha value is -2.87. The summed E-state index contributed by atoms with van der Waals surface area (Å²) < 4.78 is 13.0. The van der Waals surface area contributed by atoms with E-state index >= 15 is 0 Å². The molecule has 30 heavy (non-hydrogen) atoms. The first-order valence-corrected chi connectivity index (χ1v) is 10.4. The van der Waals surface area contributed by atoms with Gasteiger partial charge in [0.2, 0.25) is 0 Å². The number of halogens is 1. The predicted octanol–water partition coefficient (Wildman–Crippen LogP) is 4.54. The van der Waals surface area contributed by atoms with Crippen LogP contribution in [-0.2, 0) is 0 Å². The maximum atomic E-state index is 13.1. The van der Waals surface area contributed by atoms with E-state index in [1.807, 2.05) is 30.3 Å². The van der Waals surface area contributed by atoms with Gasteiger partial charge in [0.05, 0.1) is 24.4 Å². The predicted molar refractivity (Wildman–Crippen MR) is 119 cm³/mol. The molecule has 8 heteroatoms. The van der Waals surface area contributed by atoms with Crippen LogP contribution in [0.2, 0.25) is 5.02 Å². The van der Waals surface area contributed by atoms with Crippen LogP contribution in [0.15, 0.2) is 59.7 Å². The summed E-state index contributed by atoms with van der Waals surface area (Å²) in [5.74, 6) is 0.957. The highest BCUT2D eigenvalue weighted by Gasteiger charge is 2.14. The number of benzene rings is 2. The lowest BCUT2D eigenvalue weighted by atomic mass is 10.2. The number of hydrogen-bond donors (Lipinski definition) is 1. The molecule has 0 saturated heterocycles. The number of ether oxygens (including phenoxy) is 2. The summed E-state index contributed by atoms with van der Waals surface area (Å²) in [4.78, 5) is 18.5. The molecular weight excluding hydrogens is 424 g/mol. The molecule has 4 rings (SSSR count). The first-order chi connectivity index (χ1) is 14.5. The van der Waals surface area contributed by atoms with Crippen LogP contribution in [0.3, 0.4) is 0 Å². The Kier molecular flexibility index (Phi) is 5.76. The second kappa shape index (κ2) is 8.47. The summed E-state index contributed by atoms with van der Waals surface area (Å²) in [6.07, 6.45) is 0.908. The molecule has 1 N–H and O–H groups in total. The quantitative estimate of drug-likeness (QED) is 0.474. The van der Waals surface area contributed by atoms with E-state index in [0.717, 1.165) is 10.4 Å². The summed E-state index contributed by atoms with van der Waals surface area (Å²) >= 11 is 7.36. The van der Waals surface area contributed by atoms with Crippen molar-refractivity contribution < 1.29 is 14.6 Å². The molecule has 0 radical (unpaired) electrons. The zero-order valence-corrected chi connectivity index (χ0v) is 17.9. The molecule has 0 aliphatic rings. The Bertz CT molecular complexity index is 1250. The van der Waals surface area contributed by atoms with Crippen molar-refractivity contribution in [2.24, 2.45) is 0 Å². The maximum absolute atomic E-state index is 13.1. The average molecular weight is 443 g/mol. The number of nitrogens with zero attached hydrogens (tertiary/aromatic N) is 2. The van der Waals surface area contributed by atoms with Crippen LogP contribution in [0, 0.1) is 0 Å². The molecule has 0 aliphatic carbocycles. The highest BCUT2D eigenvalue weighted by atomic mass is 35.5. The van der Waals surface area contributed by atoms with Gasteiger partial charge in [-0.2, -0.15) is 0 Å². The third-order valence-electron chi connectivity index (χ3n) is 4.47. The number of aromatic nitrogens is 2. The van der Waals surface area contributed by atoms with E-state index < -0.39 is 6.10 Å². The van der Waals surface area contributed by atoms with Crippen LogP contribution < -0.4 is 15.0 Å². The Morgan fingerprint density at radius 3 is 2.63 bits per heavy atom. The van der Waals surface area contributed by atoms with E-state index in [4.69, 9.17) is 21.1 Å². The Morgan fingerprint density at radius 1 is 1.17 bits per heavy atom. The SMILES string of the molecule is COc1cc(-n2cnc3cc(-c4ccc(Cl)cc4)sc3c2=O)ccc1OC[C@@H](C)O. The molecule has 4 aromatic rings. The number of aliphatic hydroxyl groups is 1. The molecular formula is C22H19ClN2O4S. The molecule has 6 nitrogen and oxygen atoms in total. The highest BCUT2D eigenvalue weighted by molar-refractivity contribution is 7.22. The van der Waals surface area contributed by atoms with E-state index in [1.54, 1.807) is 25.1 Å². The molecule has 0 spiro atoms. The van der Waals surface area contributed by atoms with Gasteiger partial charge in [0.15, 0.2) is 11.5 Å². The largest absolute Gasteiger partial charge is 0.493 e. The van der Waals surface area contributed by atoms with Gasteiger partial charge >= 0.3 is 0 Å². The first-order valence-electron chi connectivity index (χ1n) is 9.22. The van der Waals surface area contributed by atoms with Gasteiger partial charge in [-0.05, 0) is 42.8 Å². The van der Waals surface area contributed by atoms with Crippen molar-refractivity contribution in [1.29, 1.82) is 0 Å². The number of fused-ring (bicyclic) bond motifs is 1. The lowest BCUT2D eigenvalue weighted by Gasteiger charge is -2.14. The van der Waals surface area contributed by atoms with E-state index in [9.17, 15) is 9.90 Å². The third-order valence-corrected chi connectivity index (χ3v) is 5.89. The lowest BCUT2D eigenvalue weighted by molar-refractivity contribution is 0.120. The Labute approximate surface area is 181 Å². The second-order valence-electron chi connectivity index (χ2n) is 6.75. The van der Waals surface area contributed by atoms with Gasteiger partial charge in [0, 0.05) is 16.0 Å². The normalized spacial score (nSPS) is 12.1. The summed E-state index contributed by atoms with van der Waals surface area (Å²) in [6.45, 7) is 1.78. The molecule has 0 fully saturated rings. The van der Waals surface area contributed by atoms with E-state index in [1.165, 1.54) is 29.3 Å². The summed E-state index contributed by atoms with van der Waals surface area (Å²) in [7, 11) is 1.52. The van der Waals surface area contributed by atoms with Crippen LogP contribution in [-0.4, -0.2) is 34.5 Å². The average Bonchev–Trinajstić information content (AvgIpc) is 3.18. The highest BCUT2D eigenvalue weighted by Crippen LogP contribution is 2.33. The van der Waals surface area contributed by atoms with E-state index in [0.29, 0.717) is 32.4 Å². The van der Waals surface area contributed by atoms with Crippen molar-refractivity contribution in [3.05, 3.63) is 70.2 Å². The van der Waals surface area contributed by atoms with Gasteiger partial charge in [0.1, 0.15) is 17.6 Å². The monoisotopic (exact) mass is 442 g/mol. The van der Waals surface area contributed by atoms with Gasteiger partial charge in [-0.1, -0.05) is 23.7 Å². The molecule has 2 aromatic carbocycles. The maximum Gasteiger partial charge on any atom is 0.275 e. The second-order valence-corrected chi connectivity index (χ2v) is 8.24. The molecule has 1 atom stereocenters. The van der Waals surface area contributed by atoms with Crippen LogP contribution in [0.5, 0.6) is 11.5 Å². The van der Waals surface area contributed by atoms with Crippen molar-refractivity contribution in [3.63, 3.8) is 0 Å². The number of rotatable bonds is 6. The lowest BCUT2D eigenvalue weighted by Crippen LogP contribution is -2.18. The summed E-state index contributed by atoms with van der Waals surface area (Å²) in [5, 5.41) is 10.1. The molecule has 0 aliphatic heterocycles. The van der Waals surface area contributed by atoms with Crippen LogP contribution in [0.1, 0.15) is 6.92 Å². The van der Waals surface area contributed by atoms with Crippen molar-refractivity contribution in [1.82, 2.24) is 9.55 Å². The number of methoxy groups -OCH3 is 1. The molecule has 0 bridgehead atoms. The van der Waals surface area contributed by atoms with Gasteiger partial charge < -0.3 is 14.6 Å². The number of hydrogen-bond acceptors (Lipinski definition) is 6. The fourth-order valence-electron chi connectivity index (χ4n) is 2.99. The van der Waals surface area contributed by atoms with Crippen molar-refractivity contribution in [2.45, 2.75) is 13.0 Å². The molecule has 154 valence electrons. The van der Waals surface area contributed by atoms with Crippen molar-refractivity contribution in [2.75, 3.05) is 13.7 Å². The van der Waals surface area contributed by atoms with E-state index in [-0.39, 0.29) is 12.2 Å². The summed E-state index contributed by atoms with van der Waals surface area (Å²) in [5.41, 5.74) is 2.08. The van der Waals surface area contributed by atoms with Gasteiger partial charge in [-0.15, -0.1) is 11.3 Å². The molecule has 0 amide bonds. The third kappa shape index (κ3) is 4.05. The molecule has 0 saturated carbocycles.